The van der Waals surface area contributed by atoms with Crippen molar-refractivity contribution in [3.05, 3.63) is 171 Å². The molecule has 1 saturated carbocycles. The largest absolute Gasteiger partial charge is 0.561 e. The summed E-state index contributed by atoms with van der Waals surface area (Å²) in [6.07, 6.45) is 31.0. The molecule has 4 nitrogen and oxygen atoms in total. The van der Waals surface area contributed by atoms with Crippen LogP contribution in [-0.2, 0) is 4.65 Å². The molecule has 0 bridgehead atoms. The fraction of sp³-hybridized carbons (Fsp3) is 0.339. The minimum atomic E-state index is -1.47. The molecule has 1 N–H and O–H groups in total. The first kappa shape index (κ1) is 49.7. The van der Waals surface area contributed by atoms with E-state index in [4.69, 9.17) is 4.65 Å². The minimum Gasteiger partial charge on any atom is -0.533 e. The predicted octanol–water partition coefficient (Wildman–Crippen LogP) is 17.0. The number of aliphatic hydroxyl groups excluding tert-OH is 1. The second-order valence-corrected chi connectivity index (χ2v) is 18.5. The smallest absolute Gasteiger partial charge is 0.533 e. The van der Waals surface area contributed by atoms with E-state index < -0.39 is 7.19 Å². The van der Waals surface area contributed by atoms with Crippen LogP contribution in [0.1, 0.15) is 113 Å². The summed E-state index contributed by atoms with van der Waals surface area (Å²) in [4.78, 5) is 9.41. The number of anilines is 2. The van der Waals surface area contributed by atoms with Gasteiger partial charge in [-0.15, -0.1) is 28.4 Å². The quantitative estimate of drug-likeness (QED) is 0.0280. The van der Waals surface area contributed by atoms with E-state index in [0.717, 1.165) is 75.2 Å². The summed E-state index contributed by atoms with van der Waals surface area (Å²) in [7, 11) is -1.47. The lowest BCUT2D eigenvalue weighted by Crippen LogP contribution is -2.25. The maximum atomic E-state index is 14.1. The molecule has 5 rings (SSSR count). The third-order valence-corrected chi connectivity index (χ3v) is 13.2. The molecular formula is C56H68BFN2O2S2. The molecule has 1 fully saturated rings. The van der Waals surface area contributed by atoms with Crippen LogP contribution in [0.2, 0.25) is 6.82 Å². The fourth-order valence-corrected chi connectivity index (χ4v) is 8.94. The highest BCUT2D eigenvalue weighted by Crippen LogP contribution is 2.36. The zero-order valence-corrected chi connectivity index (χ0v) is 40.5. The molecule has 2 aromatic heterocycles. The Bertz CT molecular complexity index is 2290. The van der Waals surface area contributed by atoms with E-state index in [1.807, 2.05) is 30.4 Å². The van der Waals surface area contributed by atoms with E-state index in [-0.39, 0.29) is 5.76 Å². The average Bonchev–Trinajstić information content (AvgIpc) is 3.85. The molecule has 2 heterocycles. The molecule has 2 aromatic carbocycles. The predicted molar refractivity (Wildman–Crippen MR) is 282 cm³/mol. The summed E-state index contributed by atoms with van der Waals surface area (Å²) >= 11 is 3.37. The molecular weight excluding hydrogens is 827 g/mol. The lowest BCUT2D eigenvalue weighted by molar-refractivity contribution is 0.411. The summed E-state index contributed by atoms with van der Waals surface area (Å²) in [6.45, 7) is 18.5. The van der Waals surface area contributed by atoms with Crippen molar-refractivity contribution in [2.75, 3.05) is 36.0 Å². The van der Waals surface area contributed by atoms with Crippen LogP contribution in [0.3, 0.4) is 0 Å². The van der Waals surface area contributed by atoms with E-state index >= 15 is 0 Å². The number of aliphatic hydroxyl groups is 1. The Labute approximate surface area is 392 Å². The first-order valence-corrected chi connectivity index (χ1v) is 25.0. The van der Waals surface area contributed by atoms with E-state index in [2.05, 4.69) is 135 Å². The van der Waals surface area contributed by atoms with E-state index in [1.54, 1.807) is 40.9 Å². The van der Waals surface area contributed by atoms with Gasteiger partial charge < -0.3 is 19.6 Å². The maximum absolute atomic E-state index is 14.1. The molecule has 64 heavy (non-hydrogen) atoms. The standard InChI is InChI=1S/C56H68BFN2O2S2/c1-7-12-38-59(39-13-8-2)49-26-17-45(18-27-49)16-23-48(47-24-25-47)43-51(61)30-33-54-35-37-56(64-54)55-36-34-53(63-55)32-22-44(11-5)42-52(62-57(6)58)31-21-46-19-28-50(29-20-46)60(40-14-9-3)41-15-10-4/h16-23,26-37,42-43,61H,5,7-10,12-15,24-25,38-41H2,1-4,6H3/b23-16+,31-21+,32-22+,33-30+,51-43-,52-42-. The number of halogens is 1. The van der Waals surface area contributed by atoms with Crippen molar-refractivity contribution in [1.29, 1.82) is 0 Å². The highest BCUT2D eigenvalue weighted by Gasteiger charge is 2.15. The van der Waals surface area contributed by atoms with Gasteiger partial charge in [0.15, 0.2) is 0 Å². The number of hydrogen-bond donors (Lipinski definition) is 1. The Morgan fingerprint density at radius 2 is 1.12 bits per heavy atom. The van der Waals surface area contributed by atoms with Crippen LogP contribution in [0.25, 0.3) is 34.1 Å². The summed E-state index contributed by atoms with van der Waals surface area (Å²) in [6, 6.07) is 25.8. The van der Waals surface area contributed by atoms with E-state index in [0.29, 0.717) is 11.3 Å². The average molecular weight is 895 g/mol. The number of allylic oxidation sites excluding steroid dienone is 9. The summed E-state index contributed by atoms with van der Waals surface area (Å²) < 4.78 is 19.7. The van der Waals surface area contributed by atoms with Crippen molar-refractivity contribution in [2.24, 2.45) is 0 Å². The summed E-state index contributed by atoms with van der Waals surface area (Å²) in [5.74, 6) is 0.626. The third kappa shape index (κ3) is 17.0. The van der Waals surface area contributed by atoms with Gasteiger partial charge in [0.2, 0.25) is 0 Å². The Kier molecular flexibility index (Phi) is 21.1. The zero-order valence-electron chi connectivity index (χ0n) is 38.8. The summed E-state index contributed by atoms with van der Waals surface area (Å²) in [5.41, 5.74) is 10.8. The lowest BCUT2D eigenvalue weighted by atomic mass is 10.0. The van der Waals surface area contributed by atoms with E-state index in [1.165, 1.54) is 75.1 Å². The van der Waals surface area contributed by atoms with Crippen LogP contribution in [0.4, 0.5) is 15.7 Å². The van der Waals surface area contributed by atoms with Crippen LogP contribution in [0.5, 0.6) is 0 Å². The molecule has 0 saturated heterocycles. The van der Waals surface area contributed by atoms with Gasteiger partial charge in [-0.1, -0.05) is 108 Å². The topological polar surface area (TPSA) is 35.9 Å². The number of nitrogens with zero attached hydrogens (tertiary/aromatic N) is 2. The van der Waals surface area contributed by atoms with Crippen molar-refractivity contribution in [3.8, 4) is 9.75 Å². The number of unbranched alkanes of at least 4 members (excludes halogenated alkanes) is 4. The van der Waals surface area contributed by atoms with Gasteiger partial charge in [0.25, 0.3) is 0 Å². The molecule has 0 amide bonds. The van der Waals surface area contributed by atoms with Crippen LogP contribution in [0, 0.1) is 0 Å². The van der Waals surface area contributed by atoms with Gasteiger partial charge in [-0.25, -0.2) is 0 Å². The lowest BCUT2D eigenvalue weighted by Gasteiger charge is -2.24. The summed E-state index contributed by atoms with van der Waals surface area (Å²) in [5, 5.41) is 10.9. The Hall–Kier alpha value is -5.27. The van der Waals surface area contributed by atoms with Crippen LogP contribution >= 0.6 is 22.7 Å². The van der Waals surface area contributed by atoms with Crippen LogP contribution in [0.15, 0.2) is 150 Å². The first-order valence-electron chi connectivity index (χ1n) is 23.4. The van der Waals surface area contributed by atoms with Crippen molar-refractivity contribution in [2.45, 2.75) is 98.7 Å². The van der Waals surface area contributed by atoms with Crippen LogP contribution in [-0.4, -0.2) is 38.5 Å². The maximum Gasteiger partial charge on any atom is 0.561 e. The van der Waals surface area contributed by atoms with Gasteiger partial charge >= 0.3 is 7.19 Å². The SMILES string of the molecule is C=C=C(/C=C(/C=C/c1ccc(N(CCCC)CCCC)cc1)OB(C)F)/C=C/c1ccc(-c2ccc(/C=C/C(O)=C/C(/C=C/c3ccc(N(CCCC)CCCC)cc3)=C3CC3)s2)s1. The molecule has 4 aromatic rings. The van der Waals surface area contributed by atoms with Gasteiger partial charge in [0.1, 0.15) is 11.5 Å². The fourth-order valence-electron chi connectivity index (χ4n) is 7.03. The first-order chi connectivity index (χ1) is 31.2. The highest BCUT2D eigenvalue weighted by molar-refractivity contribution is 7.22. The van der Waals surface area contributed by atoms with Crippen molar-refractivity contribution in [1.82, 2.24) is 0 Å². The zero-order chi connectivity index (χ0) is 45.5. The Morgan fingerprint density at radius 3 is 1.56 bits per heavy atom. The minimum absolute atomic E-state index is 0.238. The number of rotatable bonds is 27. The van der Waals surface area contributed by atoms with Crippen LogP contribution < -0.4 is 9.80 Å². The molecule has 0 atom stereocenters. The normalized spacial score (nSPS) is 13.1. The van der Waals surface area contributed by atoms with Crippen molar-refractivity contribution < 1.29 is 14.1 Å². The van der Waals surface area contributed by atoms with Crippen molar-refractivity contribution in [3.63, 3.8) is 0 Å². The molecule has 0 aliphatic heterocycles. The number of benzene rings is 2. The highest BCUT2D eigenvalue weighted by atomic mass is 32.1. The second-order valence-electron chi connectivity index (χ2n) is 16.3. The molecule has 0 unspecified atom stereocenters. The molecule has 0 radical (unpaired) electrons. The monoisotopic (exact) mass is 894 g/mol. The van der Waals surface area contributed by atoms with Gasteiger partial charge in [0.05, 0.1) is 0 Å². The van der Waals surface area contributed by atoms with Crippen molar-refractivity contribution >= 4 is 65.5 Å². The Morgan fingerprint density at radius 1 is 0.656 bits per heavy atom. The van der Waals surface area contributed by atoms with Gasteiger partial charge in [0, 0.05) is 62.6 Å². The molecule has 8 heteroatoms. The third-order valence-electron chi connectivity index (χ3n) is 10.9. The van der Waals surface area contributed by atoms with Gasteiger partial charge in [-0.3, -0.25) is 4.32 Å². The van der Waals surface area contributed by atoms with Gasteiger partial charge in [-0.2, -0.15) is 0 Å². The number of hydrogen-bond acceptors (Lipinski definition) is 6. The molecule has 336 valence electrons. The van der Waals surface area contributed by atoms with Gasteiger partial charge in [-0.05, 0) is 153 Å². The Balaban J connectivity index is 1.19. The van der Waals surface area contributed by atoms with E-state index in [9.17, 15) is 9.42 Å². The number of thiophene rings is 2. The molecule has 1 aliphatic carbocycles. The molecule has 0 spiro atoms. The second kappa shape index (κ2) is 27.1. The molecule has 1 aliphatic rings.